The Morgan fingerprint density at radius 3 is 2.28 bits per heavy atom. The Hall–Kier alpha value is -3.91. The molecule has 0 unspecified atom stereocenters. The molecule has 136 valence electrons. The zero-order chi connectivity index (χ0) is 19.2. The van der Waals surface area contributed by atoms with Gasteiger partial charge in [0.25, 0.3) is 0 Å². The van der Waals surface area contributed by atoms with Crippen molar-refractivity contribution < 1.29 is 4.42 Å². The molecule has 0 fully saturated rings. The van der Waals surface area contributed by atoms with Crippen LogP contribution in [0.25, 0.3) is 55.1 Å². The molecule has 0 aliphatic rings. The van der Waals surface area contributed by atoms with Crippen LogP contribution < -0.4 is 0 Å². The molecular formula is C27H17NO. The monoisotopic (exact) mass is 371 g/mol. The van der Waals surface area contributed by atoms with Crippen LogP contribution in [0, 0.1) is 0 Å². The van der Waals surface area contributed by atoms with Gasteiger partial charge in [0.2, 0.25) is 0 Å². The normalized spacial score (nSPS) is 11.4. The van der Waals surface area contributed by atoms with Gasteiger partial charge in [-0.3, -0.25) is 4.98 Å². The summed E-state index contributed by atoms with van der Waals surface area (Å²) in [5, 5.41) is 4.58. The second-order valence-electron chi connectivity index (χ2n) is 7.24. The summed E-state index contributed by atoms with van der Waals surface area (Å²) in [7, 11) is 0. The molecule has 0 bridgehead atoms. The fraction of sp³-hybridized carbons (Fsp3) is 0. The van der Waals surface area contributed by atoms with Crippen molar-refractivity contribution in [1.82, 2.24) is 4.98 Å². The van der Waals surface area contributed by atoms with E-state index in [2.05, 4.69) is 89.9 Å². The summed E-state index contributed by atoms with van der Waals surface area (Å²) in [5.41, 5.74) is 6.08. The second-order valence-corrected chi connectivity index (χ2v) is 7.24. The van der Waals surface area contributed by atoms with Gasteiger partial charge in [-0.1, -0.05) is 72.8 Å². The minimum atomic E-state index is 0.886. The third kappa shape index (κ3) is 2.54. The molecule has 2 aromatic heterocycles. The van der Waals surface area contributed by atoms with E-state index in [1.54, 1.807) is 0 Å². The van der Waals surface area contributed by atoms with Crippen molar-refractivity contribution in [3.63, 3.8) is 0 Å². The topological polar surface area (TPSA) is 26.0 Å². The fourth-order valence-electron chi connectivity index (χ4n) is 4.12. The van der Waals surface area contributed by atoms with Crippen LogP contribution in [0.3, 0.4) is 0 Å². The van der Waals surface area contributed by atoms with Crippen molar-refractivity contribution >= 4 is 32.7 Å². The van der Waals surface area contributed by atoms with E-state index in [0.29, 0.717) is 0 Å². The first kappa shape index (κ1) is 16.1. The van der Waals surface area contributed by atoms with E-state index < -0.39 is 0 Å². The zero-order valence-electron chi connectivity index (χ0n) is 15.7. The smallest absolute Gasteiger partial charge is 0.144 e. The van der Waals surface area contributed by atoms with Crippen LogP contribution in [0.1, 0.15) is 0 Å². The van der Waals surface area contributed by atoms with Crippen LogP contribution in [0.2, 0.25) is 0 Å². The highest BCUT2D eigenvalue weighted by atomic mass is 16.3. The Bertz CT molecular complexity index is 1500. The molecule has 6 rings (SSSR count). The fourth-order valence-corrected chi connectivity index (χ4v) is 4.12. The number of para-hydroxylation sites is 1. The van der Waals surface area contributed by atoms with Gasteiger partial charge in [-0.05, 0) is 40.8 Å². The van der Waals surface area contributed by atoms with Crippen molar-refractivity contribution in [3.05, 3.63) is 103 Å². The number of aromatic nitrogens is 1. The molecule has 0 spiro atoms. The molecule has 0 saturated carbocycles. The first-order valence-electron chi connectivity index (χ1n) is 9.73. The lowest BCUT2D eigenvalue weighted by Gasteiger charge is -2.06. The summed E-state index contributed by atoms with van der Waals surface area (Å²) in [5.74, 6) is 0. The van der Waals surface area contributed by atoms with Gasteiger partial charge in [0.15, 0.2) is 0 Å². The molecule has 2 nitrogen and oxygen atoms in total. The van der Waals surface area contributed by atoms with Gasteiger partial charge in [0.1, 0.15) is 11.2 Å². The standard InChI is InChI=1S/C27H17NO/c1-2-7-18(8-3-1)20-15-16-28-25(17-20)24-12-6-11-22-23-14-13-19-9-4-5-10-21(19)26(23)29-27(22)24/h1-17H. The van der Waals surface area contributed by atoms with Gasteiger partial charge < -0.3 is 4.42 Å². The SMILES string of the molecule is c1ccc(-c2ccnc(-c3cccc4c3oc3c5ccccc5ccc43)c2)cc1. The summed E-state index contributed by atoms with van der Waals surface area (Å²) in [4.78, 5) is 4.66. The molecule has 0 saturated heterocycles. The number of hydrogen-bond acceptors (Lipinski definition) is 2. The minimum Gasteiger partial charge on any atom is -0.455 e. The Labute approximate surface area is 168 Å². The summed E-state index contributed by atoms with van der Waals surface area (Å²) in [6.45, 7) is 0. The summed E-state index contributed by atoms with van der Waals surface area (Å²) in [6.07, 6.45) is 1.87. The van der Waals surface area contributed by atoms with Gasteiger partial charge in [-0.2, -0.15) is 0 Å². The maximum absolute atomic E-state index is 6.46. The molecule has 0 atom stereocenters. The van der Waals surface area contributed by atoms with E-state index in [1.165, 1.54) is 10.9 Å². The summed E-state index contributed by atoms with van der Waals surface area (Å²) >= 11 is 0. The van der Waals surface area contributed by atoms with E-state index in [9.17, 15) is 0 Å². The van der Waals surface area contributed by atoms with Crippen molar-refractivity contribution in [3.8, 4) is 22.4 Å². The largest absolute Gasteiger partial charge is 0.455 e. The van der Waals surface area contributed by atoms with Crippen LogP contribution >= 0.6 is 0 Å². The van der Waals surface area contributed by atoms with Crippen molar-refractivity contribution in [1.29, 1.82) is 0 Å². The van der Waals surface area contributed by atoms with Crippen LogP contribution in [0.5, 0.6) is 0 Å². The Balaban J connectivity index is 1.62. The Kier molecular flexibility index (Phi) is 3.50. The average Bonchev–Trinajstić information content (AvgIpc) is 3.19. The number of furan rings is 1. The minimum absolute atomic E-state index is 0.886. The van der Waals surface area contributed by atoms with E-state index in [1.807, 2.05) is 18.3 Å². The van der Waals surface area contributed by atoms with Crippen LogP contribution in [-0.2, 0) is 0 Å². The number of pyridine rings is 1. The number of hydrogen-bond donors (Lipinski definition) is 0. The lowest BCUT2D eigenvalue weighted by molar-refractivity contribution is 0.673. The van der Waals surface area contributed by atoms with Crippen molar-refractivity contribution in [2.45, 2.75) is 0 Å². The van der Waals surface area contributed by atoms with Crippen LogP contribution in [-0.4, -0.2) is 4.98 Å². The highest BCUT2D eigenvalue weighted by Crippen LogP contribution is 2.38. The summed E-state index contributed by atoms with van der Waals surface area (Å²) in [6, 6.07) is 33.5. The molecule has 2 heteroatoms. The number of fused-ring (bicyclic) bond motifs is 5. The third-order valence-electron chi connectivity index (χ3n) is 5.53. The van der Waals surface area contributed by atoms with Gasteiger partial charge >= 0.3 is 0 Å². The molecule has 0 radical (unpaired) electrons. The van der Waals surface area contributed by atoms with Crippen molar-refractivity contribution in [2.24, 2.45) is 0 Å². The maximum atomic E-state index is 6.46. The van der Waals surface area contributed by atoms with Gasteiger partial charge in [0, 0.05) is 27.9 Å². The van der Waals surface area contributed by atoms with E-state index >= 15 is 0 Å². The molecule has 29 heavy (non-hydrogen) atoms. The Morgan fingerprint density at radius 1 is 0.552 bits per heavy atom. The molecule has 0 N–H and O–H groups in total. The van der Waals surface area contributed by atoms with Gasteiger partial charge in [-0.25, -0.2) is 0 Å². The summed E-state index contributed by atoms with van der Waals surface area (Å²) < 4.78 is 6.46. The van der Waals surface area contributed by atoms with Crippen molar-refractivity contribution in [2.75, 3.05) is 0 Å². The predicted molar refractivity (Wildman–Crippen MR) is 120 cm³/mol. The highest BCUT2D eigenvalue weighted by molar-refractivity contribution is 6.17. The molecule has 2 heterocycles. The number of nitrogens with zero attached hydrogens (tertiary/aromatic N) is 1. The van der Waals surface area contributed by atoms with E-state index in [-0.39, 0.29) is 0 Å². The molecule has 0 amide bonds. The van der Waals surface area contributed by atoms with Gasteiger partial charge in [-0.15, -0.1) is 0 Å². The quantitative estimate of drug-likeness (QED) is 0.315. The Morgan fingerprint density at radius 2 is 1.34 bits per heavy atom. The average molecular weight is 371 g/mol. The predicted octanol–water partition coefficient (Wildman–Crippen LogP) is 7.47. The first-order chi connectivity index (χ1) is 14.4. The lowest BCUT2D eigenvalue weighted by atomic mass is 10.0. The van der Waals surface area contributed by atoms with Crippen LogP contribution in [0.4, 0.5) is 0 Å². The van der Waals surface area contributed by atoms with Gasteiger partial charge in [0.05, 0.1) is 5.69 Å². The molecular weight excluding hydrogens is 354 g/mol. The maximum Gasteiger partial charge on any atom is 0.144 e. The molecule has 6 aromatic rings. The number of benzene rings is 4. The zero-order valence-corrected chi connectivity index (χ0v) is 15.7. The van der Waals surface area contributed by atoms with Crippen LogP contribution in [0.15, 0.2) is 108 Å². The first-order valence-corrected chi connectivity index (χ1v) is 9.73. The van der Waals surface area contributed by atoms with E-state index in [0.717, 1.165) is 44.1 Å². The third-order valence-corrected chi connectivity index (χ3v) is 5.53. The molecule has 0 aliphatic carbocycles. The molecule has 0 aliphatic heterocycles. The second kappa shape index (κ2) is 6.32. The lowest BCUT2D eigenvalue weighted by Crippen LogP contribution is -1.86. The number of rotatable bonds is 2. The highest BCUT2D eigenvalue weighted by Gasteiger charge is 2.15. The molecule has 4 aromatic carbocycles. The van der Waals surface area contributed by atoms with E-state index in [4.69, 9.17) is 4.42 Å².